The van der Waals surface area contributed by atoms with Crippen molar-refractivity contribution >= 4 is 27.5 Å². The van der Waals surface area contributed by atoms with E-state index in [9.17, 15) is 0 Å². The number of nitrogens with one attached hydrogen (secondary N) is 1. The first kappa shape index (κ1) is 14.3. The van der Waals surface area contributed by atoms with Crippen LogP contribution in [0.4, 0.5) is 5.69 Å². The number of piperidine rings is 1. The summed E-state index contributed by atoms with van der Waals surface area (Å²) in [5, 5.41) is 7.69. The Labute approximate surface area is 122 Å². The summed E-state index contributed by atoms with van der Waals surface area (Å²) in [6, 6.07) is 5.88. The van der Waals surface area contributed by atoms with E-state index in [0.29, 0.717) is 5.92 Å². The molecule has 0 amide bonds. The van der Waals surface area contributed by atoms with E-state index in [0.717, 1.165) is 48.3 Å². The number of nitrogen functional groups attached to an aromatic ring is 1. The van der Waals surface area contributed by atoms with Crippen LogP contribution in [0.15, 0.2) is 22.7 Å². The number of methoxy groups -OCH3 is 1. The van der Waals surface area contributed by atoms with Gasteiger partial charge in [-0.1, -0.05) is 15.9 Å². The summed E-state index contributed by atoms with van der Waals surface area (Å²) in [5.41, 5.74) is 7.53. The summed E-state index contributed by atoms with van der Waals surface area (Å²) in [4.78, 5) is 2.31. The SMILES string of the molecule is COCC1CCN(c2cc(Br)ccc2C(=N)N)CC1. The first-order valence-electron chi connectivity index (χ1n) is 6.49. The molecule has 1 aromatic carbocycles. The molecule has 0 atom stereocenters. The summed E-state index contributed by atoms with van der Waals surface area (Å²) in [5.74, 6) is 0.774. The summed E-state index contributed by atoms with van der Waals surface area (Å²) < 4.78 is 6.24. The first-order chi connectivity index (χ1) is 9.11. The van der Waals surface area contributed by atoms with E-state index in [1.807, 2.05) is 18.2 Å². The van der Waals surface area contributed by atoms with Crippen molar-refractivity contribution in [3.05, 3.63) is 28.2 Å². The van der Waals surface area contributed by atoms with E-state index < -0.39 is 0 Å². The van der Waals surface area contributed by atoms with Crippen molar-refractivity contribution < 1.29 is 4.74 Å². The monoisotopic (exact) mass is 325 g/mol. The summed E-state index contributed by atoms with van der Waals surface area (Å²) in [6.45, 7) is 2.82. The van der Waals surface area contributed by atoms with Crippen LogP contribution < -0.4 is 10.6 Å². The first-order valence-corrected chi connectivity index (χ1v) is 7.29. The molecule has 3 N–H and O–H groups in total. The van der Waals surface area contributed by atoms with Gasteiger partial charge in [-0.05, 0) is 37.0 Å². The van der Waals surface area contributed by atoms with Gasteiger partial charge in [0.15, 0.2) is 0 Å². The van der Waals surface area contributed by atoms with Gasteiger partial charge in [0.1, 0.15) is 5.84 Å². The minimum atomic E-state index is 0.126. The van der Waals surface area contributed by atoms with Crippen molar-refractivity contribution in [1.82, 2.24) is 0 Å². The molecule has 5 heteroatoms. The Hall–Kier alpha value is -1.07. The number of nitrogens with two attached hydrogens (primary N) is 1. The smallest absolute Gasteiger partial charge is 0.124 e. The van der Waals surface area contributed by atoms with Crippen LogP contribution in [0.2, 0.25) is 0 Å². The average molecular weight is 326 g/mol. The zero-order chi connectivity index (χ0) is 13.8. The maximum absolute atomic E-state index is 7.69. The van der Waals surface area contributed by atoms with Gasteiger partial charge in [-0.3, -0.25) is 5.41 Å². The number of anilines is 1. The second kappa shape index (κ2) is 6.39. The molecule has 1 saturated heterocycles. The van der Waals surface area contributed by atoms with Gasteiger partial charge in [0.25, 0.3) is 0 Å². The average Bonchev–Trinajstić information content (AvgIpc) is 2.39. The molecule has 0 saturated carbocycles. The number of hydrogen-bond donors (Lipinski definition) is 2. The predicted molar refractivity (Wildman–Crippen MR) is 82.0 cm³/mol. The molecule has 104 valence electrons. The molecule has 1 aliphatic heterocycles. The topological polar surface area (TPSA) is 62.3 Å². The molecule has 0 aliphatic carbocycles. The minimum Gasteiger partial charge on any atom is -0.384 e. The second-order valence-electron chi connectivity index (χ2n) is 4.96. The molecular weight excluding hydrogens is 306 g/mol. The molecule has 2 rings (SSSR count). The highest BCUT2D eigenvalue weighted by Crippen LogP contribution is 2.29. The third-order valence-electron chi connectivity index (χ3n) is 3.61. The Morgan fingerprint density at radius 1 is 1.47 bits per heavy atom. The van der Waals surface area contributed by atoms with Crippen molar-refractivity contribution in [2.24, 2.45) is 11.7 Å². The second-order valence-corrected chi connectivity index (χ2v) is 5.88. The minimum absolute atomic E-state index is 0.126. The van der Waals surface area contributed by atoms with Crippen LogP contribution in [-0.4, -0.2) is 32.6 Å². The molecular formula is C14H20BrN3O. The lowest BCUT2D eigenvalue weighted by Gasteiger charge is -2.34. The summed E-state index contributed by atoms with van der Waals surface area (Å²) in [6.07, 6.45) is 2.25. The molecule has 1 aromatic rings. The van der Waals surface area contributed by atoms with Crippen LogP contribution in [0.1, 0.15) is 18.4 Å². The molecule has 0 spiro atoms. The zero-order valence-corrected chi connectivity index (χ0v) is 12.7. The lowest BCUT2D eigenvalue weighted by molar-refractivity contribution is 0.139. The molecule has 0 unspecified atom stereocenters. The molecule has 1 fully saturated rings. The fourth-order valence-corrected chi connectivity index (χ4v) is 2.92. The quantitative estimate of drug-likeness (QED) is 0.660. The van der Waals surface area contributed by atoms with Crippen LogP contribution in [0.25, 0.3) is 0 Å². The van der Waals surface area contributed by atoms with Crippen molar-refractivity contribution in [2.75, 3.05) is 31.7 Å². The van der Waals surface area contributed by atoms with Crippen LogP contribution in [0, 0.1) is 11.3 Å². The van der Waals surface area contributed by atoms with E-state index in [4.69, 9.17) is 15.9 Å². The molecule has 4 nitrogen and oxygen atoms in total. The maximum atomic E-state index is 7.69. The van der Waals surface area contributed by atoms with Crippen LogP contribution in [0.3, 0.4) is 0 Å². The Kier molecular flexibility index (Phi) is 4.82. The zero-order valence-electron chi connectivity index (χ0n) is 11.2. The maximum Gasteiger partial charge on any atom is 0.124 e. The molecule has 0 radical (unpaired) electrons. The number of rotatable bonds is 4. The number of halogens is 1. The van der Waals surface area contributed by atoms with E-state index in [2.05, 4.69) is 20.8 Å². The number of hydrogen-bond acceptors (Lipinski definition) is 3. The molecule has 1 aliphatic rings. The highest BCUT2D eigenvalue weighted by Gasteiger charge is 2.21. The third-order valence-corrected chi connectivity index (χ3v) is 4.10. The Bertz CT molecular complexity index is 456. The Morgan fingerprint density at radius 3 is 2.74 bits per heavy atom. The number of amidine groups is 1. The summed E-state index contributed by atoms with van der Waals surface area (Å²) in [7, 11) is 1.76. The number of benzene rings is 1. The predicted octanol–water partition coefficient (Wildman–Crippen LogP) is 2.60. The van der Waals surface area contributed by atoms with Crippen molar-refractivity contribution in [3.63, 3.8) is 0 Å². The van der Waals surface area contributed by atoms with Gasteiger partial charge in [0, 0.05) is 42.5 Å². The number of ether oxygens (including phenoxy) is 1. The summed E-state index contributed by atoms with van der Waals surface area (Å²) >= 11 is 3.49. The molecule has 1 heterocycles. The van der Waals surface area contributed by atoms with Crippen LogP contribution in [0.5, 0.6) is 0 Å². The fourth-order valence-electron chi connectivity index (χ4n) is 2.57. The Morgan fingerprint density at radius 2 is 2.16 bits per heavy atom. The molecule has 0 bridgehead atoms. The lowest BCUT2D eigenvalue weighted by Crippen LogP contribution is -2.36. The van der Waals surface area contributed by atoms with Crippen LogP contribution in [-0.2, 0) is 4.74 Å². The van der Waals surface area contributed by atoms with Gasteiger partial charge in [-0.25, -0.2) is 0 Å². The van der Waals surface area contributed by atoms with E-state index >= 15 is 0 Å². The molecule has 19 heavy (non-hydrogen) atoms. The highest BCUT2D eigenvalue weighted by atomic mass is 79.9. The van der Waals surface area contributed by atoms with E-state index in [-0.39, 0.29) is 5.84 Å². The van der Waals surface area contributed by atoms with Crippen molar-refractivity contribution in [1.29, 1.82) is 5.41 Å². The lowest BCUT2D eigenvalue weighted by atomic mass is 9.96. The normalized spacial score (nSPS) is 16.6. The van der Waals surface area contributed by atoms with E-state index in [1.54, 1.807) is 7.11 Å². The standard InChI is InChI=1S/C14H20BrN3O/c1-19-9-10-4-6-18(7-5-10)13-8-11(15)2-3-12(13)14(16)17/h2-3,8,10H,4-7,9H2,1H3,(H3,16,17). The van der Waals surface area contributed by atoms with Gasteiger partial charge in [0.05, 0.1) is 0 Å². The highest BCUT2D eigenvalue weighted by molar-refractivity contribution is 9.10. The van der Waals surface area contributed by atoms with Gasteiger partial charge in [-0.15, -0.1) is 0 Å². The largest absolute Gasteiger partial charge is 0.384 e. The van der Waals surface area contributed by atoms with Crippen molar-refractivity contribution in [3.8, 4) is 0 Å². The third kappa shape index (κ3) is 3.48. The van der Waals surface area contributed by atoms with Crippen LogP contribution >= 0.6 is 15.9 Å². The van der Waals surface area contributed by atoms with Gasteiger partial charge >= 0.3 is 0 Å². The molecule has 0 aromatic heterocycles. The number of nitrogens with zero attached hydrogens (tertiary/aromatic N) is 1. The van der Waals surface area contributed by atoms with Gasteiger partial charge in [0.2, 0.25) is 0 Å². The fraction of sp³-hybridized carbons (Fsp3) is 0.500. The Balaban J connectivity index is 2.14. The van der Waals surface area contributed by atoms with Gasteiger partial charge < -0.3 is 15.4 Å². The van der Waals surface area contributed by atoms with Crippen molar-refractivity contribution in [2.45, 2.75) is 12.8 Å². The van der Waals surface area contributed by atoms with E-state index in [1.165, 1.54) is 0 Å². The van der Waals surface area contributed by atoms with Gasteiger partial charge in [-0.2, -0.15) is 0 Å².